The van der Waals surface area contributed by atoms with E-state index < -0.39 is 15.9 Å². The van der Waals surface area contributed by atoms with Crippen LogP contribution in [-0.2, 0) is 19.6 Å². The number of sulfonamides is 1. The molecule has 0 aliphatic carbocycles. The summed E-state index contributed by atoms with van der Waals surface area (Å²) < 4.78 is 44.2. The number of hydrogen-bond acceptors (Lipinski definition) is 6. The average molecular weight is 473 g/mol. The highest BCUT2D eigenvalue weighted by Gasteiger charge is 2.27. The first-order chi connectivity index (χ1) is 15.9. The molecule has 1 saturated heterocycles. The van der Waals surface area contributed by atoms with E-state index in [1.165, 1.54) is 28.6 Å². The second kappa shape index (κ2) is 11.6. The Bertz CT molecular complexity index is 1100. The van der Waals surface area contributed by atoms with Gasteiger partial charge in [0.05, 0.1) is 30.4 Å². The predicted octanol–water partition coefficient (Wildman–Crippen LogP) is 3.97. The van der Waals surface area contributed by atoms with E-state index >= 15 is 0 Å². The summed E-state index contributed by atoms with van der Waals surface area (Å²) in [6.07, 6.45) is 6.45. The van der Waals surface area contributed by atoms with Crippen LogP contribution >= 0.6 is 0 Å². The summed E-state index contributed by atoms with van der Waals surface area (Å²) >= 11 is 0. The first-order valence-electron chi connectivity index (χ1n) is 10.7. The molecular weight excluding hydrogens is 444 g/mol. The summed E-state index contributed by atoms with van der Waals surface area (Å²) in [7, 11) is -3.74. The Labute approximate surface area is 194 Å². The number of rotatable bonds is 9. The number of carbonyl (C=O) groups is 1. The molecule has 0 saturated carbocycles. The maximum atomic E-state index is 13.1. The van der Waals surface area contributed by atoms with E-state index in [0.717, 1.165) is 0 Å². The molecule has 8 nitrogen and oxygen atoms in total. The van der Waals surface area contributed by atoms with Gasteiger partial charge in [-0.2, -0.15) is 4.31 Å². The van der Waals surface area contributed by atoms with E-state index in [1.807, 2.05) is 13.8 Å². The maximum absolute atomic E-state index is 13.1. The first kappa shape index (κ1) is 24.5. The summed E-state index contributed by atoms with van der Waals surface area (Å²) in [6, 6.07) is 11.4. The van der Waals surface area contributed by atoms with Crippen molar-refractivity contribution in [1.82, 2.24) is 4.31 Å². The van der Waals surface area contributed by atoms with Crippen LogP contribution in [0.5, 0.6) is 17.2 Å². The smallest absolute Gasteiger partial charge is 0.248 e. The zero-order chi connectivity index (χ0) is 23.7. The lowest BCUT2D eigenvalue weighted by Crippen LogP contribution is -2.40. The number of nitrogens with zero attached hydrogens (tertiary/aromatic N) is 1. The van der Waals surface area contributed by atoms with Crippen LogP contribution < -0.4 is 14.8 Å². The number of allylic oxidation sites excluding steroid dienone is 3. The summed E-state index contributed by atoms with van der Waals surface area (Å²) in [5.74, 6) is 1.13. The number of anilines is 1. The minimum atomic E-state index is -3.74. The largest absolute Gasteiger partial charge is 0.494 e. The minimum Gasteiger partial charge on any atom is -0.494 e. The predicted molar refractivity (Wildman–Crippen MR) is 126 cm³/mol. The normalized spacial score (nSPS) is 15.1. The molecule has 0 atom stereocenters. The summed E-state index contributed by atoms with van der Waals surface area (Å²) in [5, 5.41) is 2.72. The highest BCUT2D eigenvalue weighted by atomic mass is 32.2. The van der Waals surface area contributed by atoms with Crippen molar-refractivity contribution in [3.8, 4) is 17.2 Å². The quantitative estimate of drug-likeness (QED) is 0.438. The van der Waals surface area contributed by atoms with Gasteiger partial charge < -0.3 is 19.5 Å². The second-order valence-corrected chi connectivity index (χ2v) is 8.99. The lowest BCUT2D eigenvalue weighted by atomic mass is 10.2. The third kappa shape index (κ3) is 6.67. The van der Waals surface area contributed by atoms with Gasteiger partial charge in [-0.05, 0) is 56.3 Å². The third-order valence-electron chi connectivity index (χ3n) is 4.73. The summed E-state index contributed by atoms with van der Waals surface area (Å²) in [6.45, 7) is 5.54. The van der Waals surface area contributed by atoms with Gasteiger partial charge in [-0.15, -0.1) is 0 Å². The van der Waals surface area contributed by atoms with Gasteiger partial charge in [0.2, 0.25) is 15.9 Å². The van der Waals surface area contributed by atoms with Gasteiger partial charge in [0.1, 0.15) is 11.5 Å². The van der Waals surface area contributed by atoms with Gasteiger partial charge >= 0.3 is 0 Å². The Morgan fingerprint density at radius 1 is 1.09 bits per heavy atom. The third-order valence-corrected chi connectivity index (χ3v) is 6.63. The van der Waals surface area contributed by atoms with Gasteiger partial charge in [-0.25, -0.2) is 8.42 Å². The number of morpholine rings is 1. The number of ether oxygens (including phenoxy) is 3. The summed E-state index contributed by atoms with van der Waals surface area (Å²) in [5.41, 5.74) is 0.244. The molecule has 9 heteroatoms. The Balaban J connectivity index is 1.91. The van der Waals surface area contributed by atoms with Crippen LogP contribution in [0.15, 0.2) is 71.7 Å². The molecule has 0 radical (unpaired) electrons. The lowest BCUT2D eigenvalue weighted by molar-refractivity contribution is -0.111. The van der Waals surface area contributed by atoms with E-state index in [9.17, 15) is 13.2 Å². The Morgan fingerprint density at radius 3 is 2.45 bits per heavy atom. The molecule has 3 rings (SSSR count). The highest BCUT2D eigenvalue weighted by Crippen LogP contribution is 2.33. The van der Waals surface area contributed by atoms with Crippen molar-refractivity contribution in [2.45, 2.75) is 18.7 Å². The van der Waals surface area contributed by atoms with Crippen molar-refractivity contribution in [2.75, 3.05) is 38.2 Å². The summed E-state index contributed by atoms with van der Waals surface area (Å²) in [4.78, 5) is 12.5. The van der Waals surface area contributed by atoms with Crippen LogP contribution in [0.4, 0.5) is 5.69 Å². The molecule has 1 amide bonds. The van der Waals surface area contributed by atoms with E-state index in [1.54, 1.807) is 42.5 Å². The topological polar surface area (TPSA) is 94.2 Å². The van der Waals surface area contributed by atoms with E-state index in [-0.39, 0.29) is 23.7 Å². The van der Waals surface area contributed by atoms with E-state index in [0.29, 0.717) is 37.1 Å². The van der Waals surface area contributed by atoms with E-state index in [4.69, 9.17) is 14.2 Å². The average Bonchev–Trinajstić information content (AvgIpc) is 2.82. The molecule has 0 spiro atoms. The van der Waals surface area contributed by atoms with Crippen LogP contribution in [0.3, 0.4) is 0 Å². The van der Waals surface area contributed by atoms with Crippen molar-refractivity contribution < 1.29 is 27.4 Å². The molecule has 0 aromatic heterocycles. The number of carbonyl (C=O) groups excluding carboxylic acids is 1. The van der Waals surface area contributed by atoms with Gasteiger partial charge in [-0.1, -0.05) is 18.2 Å². The van der Waals surface area contributed by atoms with Crippen LogP contribution in [-0.4, -0.2) is 51.5 Å². The maximum Gasteiger partial charge on any atom is 0.248 e. The zero-order valence-corrected chi connectivity index (χ0v) is 19.5. The number of nitrogens with one attached hydrogen (secondary N) is 1. The number of benzene rings is 2. The zero-order valence-electron chi connectivity index (χ0n) is 18.7. The van der Waals surface area contributed by atoms with Crippen molar-refractivity contribution in [1.29, 1.82) is 0 Å². The van der Waals surface area contributed by atoms with Crippen LogP contribution in [0.1, 0.15) is 13.8 Å². The first-order valence-corrected chi connectivity index (χ1v) is 12.1. The molecule has 1 fully saturated rings. The second-order valence-electron chi connectivity index (χ2n) is 7.06. The van der Waals surface area contributed by atoms with Crippen LogP contribution in [0, 0.1) is 0 Å². The molecule has 2 aromatic rings. The molecule has 1 aliphatic heterocycles. The Morgan fingerprint density at radius 2 is 1.79 bits per heavy atom. The molecule has 176 valence electrons. The molecular formula is C24H28N2O6S. The molecule has 33 heavy (non-hydrogen) atoms. The fraction of sp³-hybridized carbons (Fsp3) is 0.292. The molecule has 0 bridgehead atoms. The molecule has 1 heterocycles. The van der Waals surface area contributed by atoms with Crippen molar-refractivity contribution in [3.05, 3.63) is 66.8 Å². The fourth-order valence-corrected chi connectivity index (χ4v) is 4.55. The van der Waals surface area contributed by atoms with Gasteiger partial charge in [0.15, 0.2) is 5.75 Å². The lowest BCUT2D eigenvalue weighted by Gasteiger charge is -2.26. The molecule has 1 N–H and O–H groups in total. The van der Waals surface area contributed by atoms with Crippen LogP contribution in [0.2, 0.25) is 0 Å². The highest BCUT2D eigenvalue weighted by molar-refractivity contribution is 7.89. The number of hydrogen-bond donors (Lipinski definition) is 1. The van der Waals surface area contributed by atoms with Gasteiger partial charge in [0, 0.05) is 19.2 Å². The van der Waals surface area contributed by atoms with Gasteiger partial charge in [0.25, 0.3) is 0 Å². The van der Waals surface area contributed by atoms with Gasteiger partial charge in [-0.3, -0.25) is 4.79 Å². The van der Waals surface area contributed by atoms with Crippen LogP contribution in [0.25, 0.3) is 0 Å². The van der Waals surface area contributed by atoms with Crippen molar-refractivity contribution in [3.63, 3.8) is 0 Å². The molecule has 2 aromatic carbocycles. The molecule has 0 unspecified atom stereocenters. The Hall–Kier alpha value is -3.14. The molecule has 1 aliphatic rings. The van der Waals surface area contributed by atoms with Crippen molar-refractivity contribution in [2.24, 2.45) is 0 Å². The SMILES string of the molecule is CC=CC=CC(=O)Nc1cc(S(=O)(=O)N2CCOCC2)ccc1Oc1ccc(OCC)cc1. The Kier molecular flexibility index (Phi) is 8.65. The monoisotopic (exact) mass is 472 g/mol. The fourth-order valence-electron chi connectivity index (χ4n) is 3.12. The number of amides is 1. The van der Waals surface area contributed by atoms with Crippen molar-refractivity contribution >= 4 is 21.6 Å². The standard InChI is InChI=1S/C24H28N2O6S/c1-3-5-6-7-24(27)25-22-18-21(33(28,29)26-14-16-30-17-15-26)12-13-23(22)32-20-10-8-19(9-11-20)31-4-2/h3,5-13,18H,4,14-17H2,1-2H3,(H,25,27). The van der Waals surface area contributed by atoms with E-state index in [2.05, 4.69) is 5.32 Å². The minimum absolute atomic E-state index is 0.0659.